The summed E-state index contributed by atoms with van der Waals surface area (Å²) in [5.74, 6) is 0.493. The molecule has 0 unspecified atom stereocenters. The Morgan fingerprint density at radius 1 is 1.11 bits per heavy atom. The van der Waals surface area contributed by atoms with Gasteiger partial charge in [0.25, 0.3) is 5.56 Å². The molecule has 0 N–H and O–H groups in total. The average Bonchev–Trinajstić information content (AvgIpc) is 3.56. The van der Waals surface area contributed by atoms with Crippen molar-refractivity contribution in [2.24, 2.45) is 4.99 Å². The SMILES string of the molecule is CCOC(=O)C1=C(C)N=c2s/c(=C/c3cn(CC(=O)N4CCOCC4)c4ccccc34)c(=O)n2[C@@H]1c1ccc(OC)cc1OC. The maximum absolute atomic E-state index is 14.2. The molecular formula is C33H34N4O7S. The van der Waals surface area contributed by atoms with Crippen LogP contribution in [0.2, 0.25) is 0 Å². The van der Waals surface area contributed by atoms with Crippen LogP contribution in [0.1, 0.15) is 31.0 Å². The standard InChI is InChI=1S/C33H34N4O7S/c1-5-44-32(40)29-20(2)34-33-37(30(29)24-11-10-22(41-3)17-26(24)42-4)31(39)27(45-33)16-21-18-36(25-9-7-6-8-23(21)25)19-28(38)35-12-14-43-15-13-35/h6-11,16-18,30H,5,12-15,19H2,1-4H3/b27-16+/t30-/m1/s1. The molecule has 4 aromatic rings. The van der Waals surface area contributed by atoms with Gasteiger partial charge in [0, 0.05) is 47.4 Å². The van der Waals surface area contributed by atoms with Gasteiger partial charge >= 0.3 is 5.97 Å². The number of benzene rings is 2. The summed E-state index contributed by atoms with van der Waals surface area (Å²) in [4.78, 5) is 47.6. The summed E-state index contributed by atoms with van der Waals surface area (Å²) >= 11 is 1.24. The molecule has 0 radical (unpaired) electrons. The lowest BCUT2D eigenvalue weighted by atomic mass is 9.95. The van der Waals surface area contributed by atoms with Crippen molar-refractivity contribution in [3.63, 3.8) is 0 Å². The fourth-order valence-corrected chi connectivity index (χ4v) is 6.89. The van der Waals surface area contributed by atoms with Crippen molar-refractivity contribution < 1.29 is 28.5 Å². The quantitative estimate of drug-likeness (QED) is 0.275. The molecule has 4 heterocycles. The number of nitrogens with zero attached hydrogens (tertiary/aromatic N) is 4. The van der Waals surface area contributed by atoms with Crippen LogP contribution in [-0.4, -0.2) is 73.0 Å². The summed E-state index contributed by atoms with van der Waals surface area (Å²) in [6.45, 7) is 6.02. The number of ether oxygens (including phenoxy) is 4. The number of methoxy groups -OCH3 is 2. The summed E-state index contributed by atoms with van der Waals surface area (Å²) in [7, 11) is 3.09. The van der Waals surface area contributed by atoms with Gasteiger partial charge < -0.3 is 28.4 Å². The molecule has 2 aliphatic heterocycles. The van der Waals surface area contributed by atoms with E-state index in [1.165, 1.54) is 23.0 Å². The molecule has 12 heteroatoms. The van der Waals surface area contributed by atoms with Crippen LogP contribution in [0.25, 0.3) is 17.0 Å². The maximum atomic E-state index is 14.2. The van der Waals surface area contributed by atoms with E-state index in [9.17, 15) is 14.4 Å². The second-order valence-electron chi connectivity index (χ2n) is 10.6. The molecule has 45 heavy (non-hydrogen) atoms. The van der Waals surface area contributed by atoms with Gasteiger partial charge in [0.15, 0.2) is 4.80 Å². The van der Waals surface area contributed by atoms with E-state index in [1.807, 2.05) is 46.0 Å². The Morgan fingerprint density at radius 3 is 2.62 bits per heavy atom. The zero-order chi connectivity index (χ0) is 31.7. The fraction of sp³-hybridized carbons (Fsp3) is 0.333. The molecule has 0 aliphatic carbocycles. The zero-order valence-corrected chi connectivity index (χ0v) is 26.4. The minimum absolute atomic E-state index is 0.0142. The van der Waals surface area contributed by atoms with Crippen molar-refractivity contribution in [2.45, 2.75) is 26.4 Å². The first-order chi connectivity index (χ1) is 21.8. The summed E-state index contributed by atoms with van der Waals surface area (Å²) in [5, 5.41) is 0.912. The topological polar surface area (TPSA) is 114 Å². The normalized spacial score (nSPS) is 16.8. The smallest absolute Gasteiger partial charge is 0.338 e. The predicted octanol–water partition coefficient (Wildman–Crippen LogP) is 2.63. The minimum atomic E-state index is -0.837. The van der Waals surface area contributed by atoms with Gasteiger partial charge in [0.05, 0.1) is 49.8 Å². The summed E-state index contributed by atoms with van der Waals surface area (Å²) in [6.07, 6.45) is 3.73. The van der Waals surface area contributed by atoms with Gasteiger partial charge in [-0.05, 0) is 38.1 Å². The van der Waals surface area contributed by atoms with Crippen molar-refractivity contribution in [3.05, 3.63) is 90.7 Å². The predicted molar refractivity (Wildman–Crippen MR) is 169 cm³/mol. The summed E-state index contributed by atoms with van der Waals surface area (Å²) in [6, 6.07) is 12.2. The Hall–Kier alpha value is -4.68. The van der Waals surface area contributed by atoms with Crippen LogP contribution in [-0.2, 0) is 25.6 Å². The number of carbonyl (C=O) groups excluding carboxylic acids is 2. The first kappa shape index (κ1) is 30.4. The third kappa shape index (κ3) is 5.67. The van der Waals surface area contributed by atoms with Crippen LogP contribution in [0.4, 0.5) is 0 Å². The van der Waals surface area contributed by atoms with Crippen LogP contribution in [0, 0.1) is 0 Å². The highest BCUT2D eigenvalue weighted by Crippen LogP contribution is 2.37. The van der Waals surface area contributed by atoms with Crippen LogP contribution in [0.5, 0.6) is 11.5 Å². The van der Waals surface area contributed by atoms with Gasteiger partial charge in [0.2, 0.25) is 5.91 Å². The zero-order valence-electron chi connectivity index (χ0n) is 25.6. The number of rotatable bonds is 8. The molecule has 1 saturated heterocycles. The van der Waals surface area contributed by atoms with E-state index in [2.05, 4.69) is 4.99 Å². The van der Waals surface area contributed by atoms with Crippen molar-refractivity contribution >= 4 is 40.2 Å². The molecule has 1 amide bonds. The van der Waals surface area contributed by atoms with Crippen LogP contribution in [0.15, 0.2) is 69.7 Å². The lowest BCUT2D eigenvalue weighted by Gasteiger charge is -2.27. The van der Waals surface area contributed by atoms with Crippen LogP contribution >= 0.6 is 11.3 Å². The number of fused-ring (bicyclic) bond motifs is 2. The Kier molecular flexibility index (Phi) is 8.59. The first-order valence-corrected chi connectivity index (χ1v) is 15.5. The Balaban J connectivity index is 1.49. The first-order valence-electron chi connectivity index (χ1n) is 14.7. The number of esters is 1. The van der Waals surface area contributed by atoms with Gasteiger partial charge in [-0.25, -0.2) is 9.79 Å². The largest absolute Gasteiger partial charge is 0.497 e. The van der Waals surface area contributed by atoms with E-state index >= 15 is 0 Å². The molecule has 0 spiro atoms. The van der Waals surface area contributed by atoms with Gasteiger partial charge in [-0.1, -0.05) is 29.5 Å². The lowest BCUT2D eigenvalue weighted by molar-refractivity contribution is -0.139. The highest BCUT2D eigenvalue weighted by molar-refractivity contribution is 7.07. The Bertz CT molecular complexity index is 2000. The highest BCUT2D eigenvalue weighted by atomic mass is 32.1. The number of morpholine rings is 1. The summed E-state index contributed by atoms with van der Waals surface area (Å²) < 4.78 is 25.8. The second-order valence-corrected chi connectivity index (χ2v) is 11.6. The third-order valence-electron chi connectivity index (χ3n) is 8.03. The number of amides is 1. The lowest BCUT2D eigenvalue weighted by Crippen LogP contribution is -2.42. The van der Waals surface area contributed by atoms with E-state index in [4.69, 9.17) is 18.9 Å². The van der Waals surface area contributed by atoms with E-state index in [0.29, 0.717) is 58.4 Å². The maximum Gasteiger partial charge on any atom is 0.338 e. The van der Waals surface area contributed by atoms with E-state index < -0.39 is 12.0 Å². The molecule has 11 nitrogen and oxygen atoms in total. The molecule has 2 aliphatic rings. The van der Waals surface area contributed by atoms with Crippen molar-refractivity contribution in [2.75, 3.05) is 47.1 Å². The monoisotopic (exact) mass is 630 g/mol. The number of hydrogen-bond acceptors (Lipinski definition) is 9. The number of thiazole rings is 1. The molecule has 1 fully saturated rings. The van der Waals surface area contributed by atoms with Crippen molar-refractivity contribution in [1.29, 1.82) is 0 Å². The fourth-order valence-electron chi connectivity index (χ4n) is 5.85. The van der Waals surface area contributed by atoms with Crippen molar-refractivity contribution in [1.82, 2.24) is 14.0 Å². The van der Waals surface area contributed by atoms with Crippen LogP contribution < -0.4 is 24.4 Å². The van der Waals surface area contributed by atoms with E-state index in [-0.39, 0.29) is 30.2 Å². The third-order valence-corrected chi connectivity index (χ3v) is 9.01. The number of aromatic nitrogens is 2. The van der Waals surface area contributed by atoms with Gasteiger partial charge in [-0.3, -0.25) is 14.2 Å². The molecule has 2 aromatic carbocycles. The average molecular weight is 631 g/mol. The van der Waals surface area contributed by atoms with Gasteiger partial charge in [-0.2, -0.15) is 0 Å². The molecule has 234 valence electrons. The highest BCUT2D eigenvalue weighted by Gasteiger charge is 2.35. The Labute approximate surface area is 263 Å². The number of allylic oxidation sites excluding steroid dienone is 1. The number of carbonyl (C=O) groups is 2. The molecule has 2 aromatic heterocycles. The number of para-hydroxylation sites is 1. The summed E-state index contributed by atoms with van der Waals surface area (Å²) in [5.41, 5.74) is 2.70. The van der Waals surface area contributed by atoms with E-state index in [1.54, 1.807) is 39.2 Å². The van der Waals surface area contributed by atoms with E-state index in [0.717, 1.165) is 16.5 Å². The molecule has 6 rings (SSSR count). The molecule has 1 atom stereocenters. The van der Waals surface area contributed by atoms with Crippen LogP contribution in [0.3, 0.4) is 0 Å². The molecular weight excluding hydrogens is 596 g/mol. The van der Waals surface area contributed by atoms with Gasteiger partial charge in [0.1, 0.15) is 24.1 Å². The number of hydrogen-bond donors (Lipinski definition) is 0. The Morgan fingerprint density at radius 2 is 1.89 bits per heavy atom. The molecule has 0 saturated carbocycles. The molecule has 0 bridgehead atoms. The second kappa shape index (κ2) is 12.7. The van der Waals surface area contributed by atoms with Gasteiger partial charge in [-0.15, -0.1) is 0 Å². The van der Waals surface area contributed by atoms with Crippen molar-refractivity contribution in [3.8, 4) is 11.5 Å². The minimum Gasteiger partial charge on any atom is -0.497 e.